The highest BCUT2D eigenvalue weighted by Gasteiger charge is 2.35. The summed E-state index contributed by atoms with van der Waals surface area (Å²) < 4.78 is 13.8. The van der Waals surface area contributed by atoms with Gasteiger partial charge in [0.05, 0.1) is 0 Å². The van der Waals surface area contributed by atoms with E-state index in [1.807, 2.05) is 0 Å². The average molecular weight is 309 g/mol. The molecule has 1 nitrogen and oxygen atoms in total. The van der Waals surface area contributed by atoms with Crippen molar-refractivity contribution in [3.63, 3.8) is 0 Å². The molecular weight excluding hydrogens is 287 g/mol. The van der Waals surface area contributed by atoms with Gasteiger partial charge in [0.1, 0.15) is 11.6 Å². The number of halogens is 2. The maximum absolute atomic E-state index is 13.8. The van der Waals surface area contributed by atoms with E-state index in [1.54, 1.807) is 12.1 Å². The number of carbonyl (C=O) groups is 1. The van der Waals surface area contributed by atoms with Crippen LogP contribution in [0.3, 0.4) is 0 Å². The molecule has 2 fully saturated rings. The van der Waals surface area contributed by atoms with Crippen molar-refractivity contribution in [2.75, 3.05) is 0 Å². The number of rotatable bonds is 3. The minimum absolute atomic E-state index is 0.111. The van der Waals surface area contributed by atoms with Gasteiger partial charge in [0.2, 0.25) is 0 Å². The molecule has 3 unspecified atom stereocenters. The zero-order valence-electron chi connectivity index (χ0n) is 12.3. The van der Waals surface area contributed by atoms with Gasteiger partial charge in [0.25, 0.3) is 0 Å². The van der Waals surface area contributed by atoms with E-state index in [4.69, 9.17) is 11.6 Å². The highest BCUT2D eigenvalue weighted by Crippen LogP contribution is 2.43. The van der Waals surface area contributed by atoms with E-state index in [0.717, 1.165) is 24.7 Å². The third kappa shape index (κ3) is 3.31. The van der Waals surface area contributed by atoms with Gasteiger partial charge in [-0.2, -0.15) is 0 Å². The molecule has 2 aliphatic carbocycles. The summed E-state index contributed by atoms with van der Waals surface area (Å²) in [6.45, 7) is 0. The summed E-state index contributed by atoms with van der Waals surface area (Å²) in [4.78, 5) is 12.5. The Morgan fingerprint density at radius 1 is 1.14 bits per heavy atom. The SMILES string of the molecule is O=C(Cc1c(F)cccc1Cl)C1CCC2CCCCC2C1. The van der Waals surface area contributed by atoms with E-state index in [-0.39, 0.29) is 23.9 Å². The Bertz CT molecular complexity index is 508. The maximum atomic E-state index is 13.8. The minimum Gasteiger partial charge on any atom is -0.299 e. The van der Waals surface area contributed by atoms with Crippen LogP contribution in [-0.4, -0.2) is 5.78 Å². The van der Waals surface area contributed by atoms with E-state index >= 15 is 0 Å². The molecule has 3 rings (SSSR count). The summed E-state index contributed by atoms with van der Waals surface area (Å²) in [5.41, 5.74) is 0.370. The molecule has 2 saturated carbocycles. The molecule has 0 amide bonds. The molecule has 0 aromatic heterocycles. The Hall–Kier alpha value is -0.890. The molecule has 0 aliphatic heterocycles. The third-order valence-corrected chi connectivity index (χ3v) is 5.76. The highest BCUT2D eigenvalue weighted by atomic mass is 35.5. The van der Waals surface area contributed by atoms with E-state index in [9.17, 15) is 9.18 Å². The fourth-order valence-electron chi connectivity index (χ4n) is 4.19. The van der Waals surface area contributed by atoms with E-state index in [0.29, 0.717) is 10.6 Å². The van der Waals surface area contributed by atoms with Crippen LogP contribution in [0.5, 0.6) is 0 Å². The predicted octanol–water partition coefficient (Wildman–Crippen LogP) is 5.20. The summed E-state index contributed by atoms with van der Waals surface area (Å²) in [6.07, 6.45) is 8.58. The molecule has 3 atom stereocenters. The number of hydrogen-bond acceptors (Lipinski definition) is 1. The largest absolute Gasteiger partial charge is 0.299 e. The zero-order chi connectivity index (χ0) is 14.8. The van der Waals surface area contributed by atoms with Gasteiger partial charge in [-0.3, -0.25) is 4.79 Å². The number of hydrogen-bond donors (Lipinski definition) is 0. The lowest BCUT2D eigenvalue weighted by Gasteiger charge is -2.38. The van der Waals surface area contributed by atoms with Crippen LogP contribution >= 0.6 is 11.6 Å². The van der Waals surface area contributed by atoms with E-state index in [1.165, 1.54) is 38.2 Å². The first-order valence-electron chi connectivity index (χ1n) is 8.10. The molecule has 2 aliphatic rings. The number of benzene rings is 1. The first kappa shape index (κ1) is 15.0. The molecule has 0 radical (unpaired) electrons. The summed E-state index contributed by atoms with van der Waals surface area (Å²) in [5.74, 6) is 1.48. The van der Waals surface area contributed by atoms with Gasteiger partial charge >= 0.3 is 0 Å². The van der Waals surface area contributed by atoms with E-state index in [2.05, 4.69) is 0 Å². The van der Waals surface area contributed by atoms with Crippen LogP contribution in [0.1, 0.15) is 50.5 Å². The Labute approximate surface area is 130 Å². The van der Waals surface area contributed by atoms with Crippen molar-refractivity contribution >= 4 is 17.4 Å². The Kier molecular flexibility index (Phi) is 4.63. The number of ketones is 1. The molecule has 0 heterocycles. The smallest absolute Gasteiger partial charge is 0.140 e. The van der Waals surface area contributed by atoms with Crippen LogP contribution < -0.4 is 0 Å². The van der Waals surface area contributed by atoms with Crippen molar-refractivity contribution < 1.29 is 9.18 Å². The lowest BCUT2D eigenvalue weighted by molar-refractivity contribution is -0.124. The molecule has 1 aromatic carbocycles. The van der Waals surface area contributed by atoms with Crippen LogP contribution in [0, 0.1) is 23.6 Å². The minimum atomic E-state index is -0.359. The van der Waals surface area contributed by atoms with Gasteiger partial charge in [0, 0.05) is 22.9 Å². The maximum Gasteiger partial charge on any atom is 0.140 e. The normalized spacial score (nSPS) is 29.0. The van der Waals surface area contributed by atoms with Crippen molar-refractivity contribution in [3.8, 4) is 0 Å². The first-order chi connectivity index (χ1) is 10.1. The molecular formula is C18H22ClFO. The molecule has 0 N–H and O–H groups in total. The van der Waals surface area contributed by atoms with Crippen LogP contribution in [-0.2, 0) is 11.2 Å². The van der Waals surface area contributed by atoms with Gasteiger partial charge in [-0.1, -0.05) is 43.4 Å². The van der Waals surface area contributed by atoms with Gasteiger partial charge in [-0.15, -0.1) is 0 Å². The number of carbonyl (C=O) groups excluding carboxylic acids is 1. The molecule has 114 valence electrons. The lowest BCUT2D eigenvalue weighted by Crippen LogP contribution is -2.32. The van der Waals surface area contributed by atoms with Gasteiger partial charge in [-0.25, -0.2) is 4.39 Å². The second-order valence-corrected chi connectivity index (χ2v) is 7.07. The molecule has 3 heteroatoms. The second-order valence-electron chi connectivity index (χ2n) is 6.66. The van der Waals surface area contributed by atoms with Crippen LogP contribution in [0.15, 0.2) is 18.2 Å². The Morgan fingerprint density at radius 3 is 2.67 bits per heavy atom. The standard InChI is InChI=1S/C18H22ClFO/c19-16-6-3-7-17(20)15(16)11-18(21)14-9-8-12-4-1-2-5-13(12)10-14/h3,6-7,12-14H,1-2,4-5,8-11H2. The molecule has 21 heavy (non-hydrogen) atoms. The highest BCUT2D eigenvalue weighted by molar-refractivity contribution is 6.31. The fourth-order valence-corrected chi connectivity index (χ4v) is 4.42. The van der Waals surface area contributed by atoms with Gasteiger partial charge < -0.3 is 0 Å². The second kappa shape index (κ2) is 6.48. The summed E-state index contributed by atoms with van der Waals surface area (Å²) in [5, 5.41) is 0.370. The first-order valence-corrected chi connectivity index (χ1v) is 8.48. The Balaban J connectivity index is 1.66. The van der Waals surface area contributed by atoms with Gasteiger partial charge in [0.15, 0.2) is 0 Å². The van der Waals surface area contributed by atoms with Gasteiger partial charge in [-0.05, 0) is 43.2 Å². The Morgan fingerprint density at radius 2 is 1.90 bits per heavy atom. The number of Topliss-reactive ketones (excluding diaryl/α,β-unsaturated/α-hetero) is 1. The topological polar surface area (TPSA) is 17.1 Å². The van der Waals surface area contributed by atoms with Crippen molar-refractivity contribution in [1.82, 2.24) is 0 Å². The lowest BCUT2D eigenvalue weighted by atomic mass is 9.66. The molecule has 0 spiro atoms. The fraction of sp³-hybridized carbons (Fsp3) is 0.611. The van der Waals surface area contributed by atoms with Crippen molar-refractivity contribution in [2.45, 2.75) is 51.4 Å². The molecule has 0 saturated heterocycles. The van der Waals surface area contributed by atoms with Crippen LogP contribution in [0.2, 0.25) is 5.02 Å². The zero-order valence-corrected chi connectivity index (χ0v) is 13.0. The average Bonchev–Trinajstić information content (AvgIpc) is 2.50. The summed E-state index contributed by atoms with van der Waals surface area (Å²) in [6, 6.07) is 4.62. The predicted molar refractivity (Wildman–Crippen MR) is 82.9 cm³/mol. The monoisotopic (exact) mass is 308 g/mol. The number of fused-ring (bicyclic) bond motifs is 1. The van der Waals surface area contributed by atoms with E-state index < -0.39 is 0 Å². The van der Waals surface area contributed by atoms with Crippen LogP contribution in [0.25, 0.3) is 0 Å². The quantitative estimate of drug-likeness (QED) is 0.750. The molecule has 0 bridgehead atoms. The molecule has 1 aromatic rings. The summed E-state index contributed by atoms with van der Waals surface area (Å²) in [7, 11) is 0. The van der Waals surface area contributed by atoms with Crippen molar-refractivity contribution in [3.05, 3.63) is 34.6 Å². The van der Waals surface area contributed by atoms with Crippen LogP contribution in [0.4, 0.5) is 4.39 Å². The van der Waals surface area contributed by atoms with Crippen molar-refractivity contribution in [1.29, 1.82) is 0 Å². The third-order valence-electron chi connectivity index (χ3n) is 5.41. The summed E-state index contributed by atoms with van der Waals surface area (Å²) >= 11 is 6.03. The van der Waals surface area contributed by atoms with Crippen molar-refractivity contribution in [2.24, 2.45) is 17.8 Å².